The minimum atomic E-state index is -0.0648. The predicted octanol–water partition coefficient (Wildman–Crippen LogP) is 5.22. The minimum Gasteiger partial charge on any atom is -0.464 e. The lowest BCUT2D eigenvalue weighted by Crippen LogP contribution is -2.14. The molecule has 0 aliphatic carbocycles. The highest BCUT2D eigenvalue weighted by Gasteiger charge is 2.16. The Labute approximate surface area is 181 Å². The number of nitrogens with zero attached hydrogens (tertiary/aromatic N) is 3. The van der Waals surface area contributed by atoms with Crippen LogP contribution in [0, 0.1) is 13.8 Å². The molecule has 0 unspecified atom stereocenters. The number of amides is 1. The van der Waals surface area contributed by atoms with Crippen molar-refractivity contribution < 1.29 is 9.21 Å². The van der Waals surface area contributed by atoms with Gasteiger partial charge < -0.3 is 14.3 Å². The summed E-state index contributed by atoms with van der Waals surface area (Å²) in [5, 5.41) is 12.8. The van der Waals surface area contributed by atoms with Gasteiger partial charge in [0, 0.05) is 35.2 Å². The molecule has 5 rings (SSSR count). The van der Waals surface area contributed by atoms with Crippen molar-refractivity contribution in [2.24, 2.45) is 0 Å². The van der Waals surface area contributed by atoms with Crippen LogP contribution in [0.2, 0.25) is 0 Å². The molecule has 6 nitrogen and oxygen atoms in total. The van der Waals surface area contributed by atoms with Crippen LogP contribution in [0.4, 0.5) is 5.69 Å². The van der Waals surface area contributed by atoms with Crippen LogP contribution in [0.15, 0.2) is 47.1 Å². The Kier molecular flexibility index (Phi) is 5.06. The fourth-order valence-electron chi connectivity index (χ4n) is 4.30. The summed E-state index contributed by atoms with van der Waals surface area (Å²) in [6.45, 7) is 5.07. The Morgan fingerprint density at radius 1 is 1.06 bits per heavy atom. The van der Waals surface area contributed by atoms with Gasteiger partial charge in [-0.15, -0.1) is 10.2 Å². The van der Waals surface area contributed by atoms with Crippen molar-refractivity contribution in [3.63, 3.8) is 0 Å². The Balaban J connectivity index is 1.30. The minimum absolute atomic E-state index is 0.0648. The average molecular weight is 415 g/mol. The van der Waals surface area contributed by atoms with Crippen molar-refractivity contribution in [1.29, 1.82) is 0 Å². The van der Waals surface area contributed by atoms with E-state index in [4.69, 9.17) is 4.42 Å². The molecule has 1 aliphatic heterocycles. The fraction of sp³-hybridized carbons (Fsp3) is 0.320. The molecular weight excluding hydrogens is 388 g/mol. The van der Waals surface area contributed by atoms with E-state index < -0.39 is 0 Å². The molecular formula is C25H26N4O2. The summed E-state index contributed by atoms with van der Waals surface area (Å²) in [6, 6.07) is 11.9. The zero-order valence-electron chi connectivity index (χ0n) is 17.9. The quantitative estimate of drug-likeness (QED) is 0.497. The van der Waals surface area contributed by atoms with E-state index in [1.165, 1.54) is 18.4 Å². The zero-order valence-corrected chi connectivity index (χ0v) is 17.9. The second-order valence-electron chi connectivity index (χ2n) is 8.35. The number of furan rings is 1. The van der Waals surface area contributed by atoms with Crippen LogP contribution in [0.25, 0.3) is 22.4 Å². The smallest absolute Gasteiger partial charge is 0.228 e. The number of nitrogens with one attached hydrogen (secondary N) is 1. The molecule has 6 heteroatoms. The molecule has 0 spiro atoms. The van der Waals surface area contributed by atoms with Crippen LogP contribution in [0.5, 0.6) is 0 Å². The summed E-state index contributed by atoms with van der Waals surface area (Å²) in [5.41, 5.74) is 5.85. The van der Waals surface area contributed by atoms with Crippen LogP contribution in [0.3, 0.4) is 0 Å². The number of carbonyl (C=O) groups excluding carboxylic acids is 1. The number of rotatable bonds is 4. The highest BCUT2D eigenvalue weighted by molar-refractivity contribution is 5.96. The molecule has 1 N–H and O–H groups in total. The van der Waals surface area contributed by atoms with Gasteiger partial charge in [-0.25, -0.2) is 0 Å². The molecule has 0 radical (unpaired) electrons. The first kappa shape index (κ1) is 19.5. The normalized spacial score (nSPS) is 13.7. The summed E-state index contributed by atoms with van der Waals surface area (Å²) in [6.07, 6.45) is 6.52. The van der Waals surface area contributed by atoms with E-state index >= 15 is 0 Å². The van der Waals surface area contributed by atoms with Gasteiger partial charge in [0.2, 0.25) is 5.91 Å². The number of anilines is 1. The highest BCUT2D eigenvalue weighted by atomic mass is 16.3. The van der Waals surface area contributed by atoms with Gasteiger partial charge in [-0.3, -0.25) is 4.79 Å². The Hall–Kier alpha value is -3.41. The van der Waals surface area contributed by atoms with Crippen LogP contribution in [0.1, 0.15) is 41.8 Å². The van der Waals surface area contributed by atoms with Crippen LogP contribution in [-0.4, -0.2) is 20.7 Å². The molecule has 3 heterocycles. The number of carbonyl (C=O) groups is 1. The van der Waals surface area contributed by atoms with Gasteiger partial charge in [0.05, 0.1) is 12.7 Å². The van der Waals surface area contributed by atoms with Crippen molar-refractivity contribution in [3.8, 4) is 11.4 Å². The fourth-order valence-corrected chi connectivity index (χ4v) is 4.30. The van der Waals surface area contributed by atoms with Crippen molar-refractivity contribution in [2.75, 3.05) is 5.32 Å². The third kappa shape index (κ3) is 3.74. The summed E-state index contributed by atoms with van der Waals surface area (Å²) in [7, 11) is 0. The molecule has 0 saturated carbocycles. The maximum atomic E-state index is 12.6. The van der Waals surface area contributed by atoms with E-state index in [1.54, 1.807) is 6.26 Å². The molecule has 31 heavy (non-hydrogen) atoms. The molecule has 158 valence electrons. The number of aryl methyl sites for hydroxylation is 3. The molecule has 0 fully saturated rings. The van der Waals surface area contributed by atoms with Crippen molar-refractivity contribution in [3.05, 3.63) is 65.2 Å². The highest BCUT2D eigenvalue weighted by Crippen LogP contribution is 2.27. The Bertz CT molecular complexity index is 1250. The Morgan fingerprint density at radius 2 is 1.90 bits per heavy atom. The van der Waals surface area contributed by atoms with Gasteiger partial charge in [-0.05, 0) is 62.1 Å². The molecule has 2 aromatic carbocycles. The average Bonchev–Trinajstić information content (AvgIpc) is 3.28. The lowest BCUT2D eigenvalue weighted by Gasteiger charge is -2.09. The third-order valence-corrected chi connectivity index (χ3v) is 6.23. The van der Waals surface area contributed by atoms with Crippen molar-refractivity contribution in [1.82, 2.24) is 14.8 Å². The number of aromatic nitrogens is 3. The number of hydrogen-bond donors (Lipinski definition) is 1. The maximum Gasteiger partial charge on any atom is 0.228 e. The lowest BCUT2D eigenvalue weighted by atomic mass is 10.0. The predicted molar refractivity (Wildman–Crippen MR) is 121 cm³/mol. The van der Waals surface area contributed by atoms with Gasteiger partial charge >= 0.3 is 0 Å². The van der Waals surface area contributed by atoms with E-state index in [0.717, 1.165) is 64.4 Å². The molecule has 1 aliphatic rings. The van der Waals surface area contributed by atoms with Gasteiger partial charge in [-0.2, -0.15) is 0 Å². The third-order valence-electron chi connectivity index (χ3n) is 6.23. The summed E-state index contributed by atoms with van der Waals surface area (Å²) in [4.78, 5) is 12.6. The molecule has 2 aromatic heterocycles. The van der Waals surface area contributed by atoms with E-state index in [0.29, 0.717) is 0 Å². The van der Waals surface area contributed by atoms with E-state index in [2.05, 4.69) is 33.1 Å². The second-order valence-corrected chi connectivity index (χ2v) is 8.35. The molecule has 0 atom stereocenters. The molecule has 1 amide bonds. The molecule has 0 saturated heterocycles. The van der Waals surface area contributed by atoms with Crippen molar-refractivity contribution >= 4 is 22.6 Å². The van der Waals surface area contributed by atoms with E-state index in [9.17, 15) is 4.79 Å². The standard InChI is InChI=1S/C25H26N4O2/c1-16-7-12-21-19(15-31-24(21)17(16)2)14-23(30)26-20-10-8-18(9-11-20)25-28-27-22-6-4-3-5-13-29(22)25/h7-12,15H,3-6,13-14H2,1-2H3,(H,26,30). The molecule has 4 aromatic rings. The van der Waals surface area contributed by atoms with E-state index in [-0.39, 0.29) is 12.3 Å². The van der Waals surface area contributed by atoms with Crippen molar-refractivity contribution in [2.45, 2.75) is 52.5 Å². The largest absolute Gasteiger partial charge is 0.464 e. The van der Waals surface area contributed by atoms with Gasteiger partial charge in [0.1, 0.15) is 11.4 Å². The number of hydrogen-bond acceptors (Lipinski definition) is 4. The maximum absolute atomic E-state index is 12.6. The molecule has 0 bridgehead atoms. The summed E-state index contributed by atoms with van der Waals surface area (Å²) in [5.74, 6) is 1.91. The summed E-state index contributed by atoms with van der Waals surface area (Å²) >= 11 is 0. The second kappa shape index (κ2) is 8.02. The van der Waals surface area contributed by atoms with Gasteiger partial charge in [0.15, 0.2) is 5.82 Å². The zero-order chi connectivity index (χ0) is 21.4. The first-order chi connectivity index (χ1) is 15.1. The topological polar surface area (TPSA) is 73.0 Å². The lowest BCUT2D eigenvalue weighted by molar-refractivity contribution is -0.115. The van der Waals surface area contributed by atoms with Gasteiger partial charge in [-0.1, -0.05) is 18.6 Å². The Morgan fingerprint density at radius 3 is 2.74 bits per heavy atom. The monoisotopic (exact) mass is 414 g/mol. The number of fused-ring (bicyclic) bond motifs is 2. The first-order valence-corrected chi connectivity index (χ1v) is 10.9. The summed E-state index contributed by atoms with van der Waals surface area (Å²) < 4.78 is 7.96. The number of benzene rings is 2. The van der Waals surface area contributed by atoms with Crippen LogP contribution < -0.4 is 5.32 Å². The van der Waals surface area contributed by atoms with Crippen LogP contribution in [-0.2, 0) is 24.2 Å². The SMILES string of the molecule is Cc1ccc2c(CC(=O)Nc3ccc(-c4nnc5n4CCCCC5)cc3)coc2c1C. The van der Waals surface area contributed by atoms with E-state index in [1.807, 2.05) is 37.3 Å². The van der Waals surface area contributed by atoms with Gasteiger partial charge in [0.25, 0.3) is 0 Å². The van der Waals surface area contributed by atoms with Crippen LogP contribution >= 0.6 is 0 Å². The first-order valence-electron chi connectivity index (χ1n) is 10.9.